The van der Waals surface area contributed by atoms with Gasteiger partial charge in [-0.1, -0.05) is 30.7 Å². The lowest BCUT2D eigenvalue weighted by Gasteiger charge is -2.29. The molecule has 2 rings (SSSR count). The van der Waals surface area contributed by atoms with Gasteiger partial charge in [0.05, 0.1) is 12.2 Å². The first-order valence-corrected chi connectivity index (χ1v) is 7.16. The quantitative estimate of drug-likeness (QED) is 0.742. The van der Waals surface area contributed by atoms with Gasteiger partial charge in [0.2, 0.25) is 0 Å². The molecule has 1 saturated carbocycles. The van der Waals surface area contributed by atoms with E-state index in [-0.39, 0.29) is 0 Å². The molecule has 0 saturated heterocycles. The van der Waals surface area contributed by atoms with Gasteiger partial charge in [-0.15, -0.1) is 0 Å². The summed E-state index contributed by atoms with van der Waals surface area (Å²) in [6, 6.07) is 8.43. The summed E-state index contributed by atoms with van der Waals surface area (Å²) in [5, 5.41) is 13.8. The molecular weight excluding hydrogens is 238 g/mol. The Bertz CT molecular complexity index is 399. The monoisotopic (exact) mass is 263 g/mol. The maximum absolute atomic E-state index is 10.6. The number of rotatable bonds is 7. The van der Waals surface area contributed by atoms with Crippen molar-refractivity contribution in [1.82, 2.24) is 5.32 Å². The van der Waals surface area contributed by atoms with E-state index >= 15 is 0 Å². The molecule has 0 aliphatic heterocycles. The van der Waals surface area contributed by atoms with Gasteiger partial charge in [0.25, 0.3) is 0 Å². The Balaban J connectivity index is 1.98. The highest BCUT2D eigenvalue weighted by Crippen LogP contribution is 2.37. The normalized spacial score (nSPS) is 18.9. The van der Waals surface area contributed by atoms with Gasteiger partial charge < -0.3 is 15.2 Å². The van der Waals surface area contributed by atoms with E-state index in [1.165, 1.54) is 24.8 Å². The number of ether oxygens (including phenoxy) is 1. The van der Waals surface area contributed by atoms with E-state index < -0.39 is 5.60 Å². The van der Waals surface area contributed by atoms with Crippen LogP contribution in [-0.4, -0.2) is 31.9 Å². The smallest absolute Gasteiger partial charge is 0.0992 e. The maximum Gasteiger partial charge on any atom is 0.0992 e. The molecule has 0 heterocycles. The van der Waals surface area contributed by atoms with E-state index in [0.29, 0.717) is 19.1 Å². The minimum atomic E-state index is -0.826. The van der Waals surface area contributed by atoms with Gasteiger partial charge in [-0.25, -0.2) is 0 Å². The van der Waals surface area contributed by atoms with Crippen LogP contribution in [0.25, 0.3) is 0 Å². The standard InChI is InChI=1S/C16H25NO2/c1-16(18,12-17-9-10-19-2)15-8-4-7-14(11-15)13-5-3-6-13/h4,7-8,11,13,17-18H,3,5-6,9-10,12H2,1-2H3. The third-order valence-corrected chi connectivity index (χ3v) is 4.04. The molecule has 1 unspecified atom stereocenters. The summed E-state index contributed by atoms with van der Waals surface area (Å²) in [6.07, 6.45) is 3.92. The number of aliphatic hydroxyl groups is 1. The second kappa shape index (κ2) is 6.51. The van der Waals surface area contributed by atoms with E-state index in [9.17, 15) is 5.11 Å². The Labute approximate surface area is 116 Å². The molecule has 0 spiro atoms. The second-order valence-electron chi connectivity index (χ2n) is 5.70. The van der Waals surface area contributed by atoms with Gasteiger partial charge in [0.1, 0.15) is 0 Å². The largest absolute Gasteiger partial charge is 0.384 e. The lowest BCUT2D eigenvalue weighted by Crippen LogP contribution is -2.37. The average molecular weight is 263 g/mol. The number of benzene rings is 1. The van der Waals surface area contributed by atoms with Crippen LogP contribution in [0.5, 0.6) is 0 Å². The summed E-state index contributed by atoms with van der Waals surface area (Å²) < 4.78 is 4.99. The van der Waals surface area contributed by atoms with Crippen molar-refractivity contribution in [2.24, 2.45) is 0 Å². The van der Waals surface area contributed by atoms with Crippen LogP contribution < -0.4 is 5.32 Å². The Hall–Kier alpha value is -0.900. The fourth-order valence-electron chi connectivity index (χ4n) is 2.48. The third-order valence-electron chi connectivity index (χ3n) is 4.04. The zero-order valence-corrected chi connectivity index (χ0v) is 12.0. The van der Waals surface area contributed by atoms with Crippen molar-refractivity contribution in [3.63, 3.8) is 0 Å². The van der Waals surface area contributed by atoms with Gasteiger partial charge in [0, 0.05) is 20.2 Å². The van der Waals surface area contributed by atoms with Crippen molar-refractivity contribution in [2.45, 2.75) is 37.7 Å². The van der Waals surface area contributed by atoms with Crippen LogP contribution in [0.4, 0.5) is 0 Å². The van der Waals surface area contributed by atoms with Crippen LogP contribution in [0.3, 0.4) is 0 Å². The summed E-state index contributed by atoms with van der Waals surface area (Å²) in [7, 11) is 1.68. The van der Waals surface area contributed by atoms with Gasteiger partial charge in [-0.3, -0.25) is 0 Å². The van der Waals surface area contributed by atoms with Crippen molar-refractivity contribution in [3.8, 4) is 0 Å². The van der Waals surface area contributed by atoms with Gasteiger partial charge in [-0.2, -0.15) is 0 Å². The van der Waals surface area contributed by atoms with E-state index in [1.807, 2.05) is 13.0 Å². The van der Waals surface area contributed by atoms with Gasteiger partial charge in [0.15, 0.2) is 0 Å². The number of methoxy groups -OCH3 is 1. The molecule has 1 aromatic carbocycles. The highest BCUT2D eigenvalue weighted by molar-refractivity contribution is 5.31. The number of hydrogen-bond acceptors (Lipinski definition) is 3. The molecule has 1 aliphatic carbocycles. The number of nitrogens with one attached hydrogen (secondary N) is 1. The molecule has 2 N–H and O–H groups in total. The van der Waals surface area contributed by atoms with Crippen LogP contribution >= 0.6 is 0 Å². The summed E-state index contributed by atoms with van der Waals surface area (Å²) in [6.45, 7) is 3.84. The van der Waals surface area contributed by atoms with Crippen molar-refractivity contribution in [2.75, 3.05) is 26.8 Å². The Morgan fingerprint density at radius 3 is 2.84 bits per heavy atom. The second-order valence-corrected chi connectivity index (χ2v) is 5.70. The predicted octanol–water partition coefficient (Wildman–Crippen LogP) is 2.40. The molecule has 1 aromatic rings. The lowest BCUT2D eigenvalue weighted by atomic mass is 9.79. The van der Waals surface area contributed by atoms with Crippen LogP contribution in [0.1, 0.15) is 43.2 Å². The topological polar surface area (TPSA) is 41.5 Å². The fraction of sp³-hybridized carbons (Fsp3) is 0.625. The molecule has 0 bridgehead atoms. The first-order valence-electron chi connectivity index (χ1n) is 7.16. The number of hydrogen-bond donors (Lipinski definition) is 2. The van der Waals surface area contributed by atoms with E-state index in [1.54, 1.807) is 7.11 Å². The SMILES string of the molecule is COCCNCC(C)(O)c1cccc(C2CCC2)c1. The average Bonchev–Trinajstić information content (AvgIpc) is 2.33. The van der Waals surface area contributed by atoms with Crippen molar-refractivity contribution in [3.05, 3.63) is 35.4 Å². The summed E-state index contributed by atoms with van der Waals surface area (Å²) in [4.78, 5) is 0. The van der Waals surface area contributed by atoms with Crippen LogP contribution in [0.15, 0.2) is 24.3 Å². The molecule has 3 nitrogen and oxygen atoms in total. The Kier molecular flexibility index (Phi) is 4.97. The molecule has 0 aromatic heterocycles. The first kappa shape index (κ1) is 14.5. The molecule has 106 valence electrons. The van der Waals surface area contributed by atoms with Crippen LogP contribution in [0, 0.1) is 0 Å². The van der Waals surface area contributed by atoms with Gasteiger partial charge >= 0.3 is 0 Å². The minimum absolute atomic E-state index is 0.546. The summed E-state index contributed by atoms with van der Waals surface area (Å²) in [5.41, 5.74) is 1.55. The van der Waals surface area contributed by atoms with Crippen LogP contribution in [0.2, 0.25) is 0 Å². The minimum Gasteiger partial charge on any atom is -0.384 e. The maximum atomic E-state index is 10.6. The highest BCUT2D eigenvalue weighted by atomic mass is 16.5. The Morgan fingerprint density at radius 2 is 2.21 bits per heavy atom. The molecule has 3 heteroatoms. The van der Waals surface area contributed by atoms with E-state index in [0.717, 1.165) is 12.1 Å². The third kappa shape index (κ3) is 3.78. The van der Waals surface area contributed by atoms with Crippen molar-refractivity contribution < 1.29 is 9.84 Å². The predicted molar refractivity (Wildman–Crippen MR) is 77.4 cm³/mol. The molecular formula is C16H25NO2. The fourth-order valence-corrected chi connectivity index (χ4v) is 2.48. The van der Waals surface area contributed by atoms with Crippen molar-refractivity contribution >= 4 is 0 Å². The molecule has 1 fully saturated rings. The Morgan fingerprint density at radius 1 is 1.42 bits per heavy atom. The zero-order valence-electron chi connectivity index (χ0n) is 12.0. The van der Waals surface area contributed by atoms with Gasteiger partial charge in [-0.05, 0) is 36.8 Å². The molecule has 19 heavy (non-hydrogen) atoms. The highest BCUT2D eigenvalue weighted by Gasteiger charge is 2.25. The molecule has 0 amide bonds. The lowest BCUT2D eigenvalue weighted by molar-refractivity contribution is 0.0548. The first-order chi connectivity index (χ1) is 9.13. The summed E-state index contributed by atoms with van der Waals surface area (Å²) in [5.74, 6) is 0.706. The van der Waals surface area contributed by atoms with Crippen molar-refractivity contribution in [1.29, 1.82) is 0 Å². The van der Waals surface area contributed by atoms with E-state index in [2.05, 4.69) is 23.5 Å². The zero-order chi connectivity index (χ0) is 13.7. The molecule has 1 aliphatic rings. The van der Waals surface area contributed by atoms with E-state index in [4.69, 9.17) is 4.74 Å². The summed E-state index contributed by atoms with van der Waals surface area (Å²) >= 11 is 0. The van der Waals surface area contributed by atoms with Crippen LogP contribution in [-0.2, 0) is 10.3 Å². The molecule has 0 radical (unpaired) electrons. The molecule has 1 atom stereocenters.